The molecule has 0 saturated carbocycles. The Bertz CT molecular complexity index is 1890. The number of nitrogens with zero attached hydrogens (tertiary/aromatic N) is 2. The minimum absolute atomic E-state index is 0.0170. The van der Waals surface area contributed by atoms with Crippen LogP contribution in [0.3, 0.4) is 0 Å². The summed E-state index contributed by atoms with van der Waals surface area (Å²) in [6, 6.07) is 21.7. The first-order valence-corrected chi connectivity index (χ1v) is 17.7. The van der Waals surface area contributed by atoms with E-state index in [2.05, 4.69) is 5.32 Å². The number of carbonyl (C=O) groups is 2. The van der Waals surface area contributed by atoms with Crippen LogP contribution in [-0.4, -0.2) is 72.7 Å². The second-order valence-corrected chi connectivity index (χ2v) is 13.6. The lowest BCUT2D eigenvalue weighted by Gasteiger charge is -2.34. The lowest BCUT2D eigenvalue weighted by molar-refractivity contribution is -0.140. The van der Waals surface area contributed by atoms with Gasteiger partial charge in [-0.15, -0.1) is 0 Å². The molecule has 14 heteroatoms. The van der Waals surface area contributed by atoms with Crippen LogP contribution in [0.1, 0.15) is 18.1 Å². The maximum absolute atomic E-state index is 14.8. The molecule has 266 valence electrons. The van der Waals surface area contributed by atoms with E-state index >= 15 is 0 Å². The van der Waals surface area contributed by atoms with Gasteiger partial charge in [0.05, 0.1) is 39.0 Å². The number of hydrogen-bond donors (Lipinski definition) is 1. The fourth-order valence-electron chi connectivity index (χ4n) is 5.31. The maximum Gasteiger partial charge on any atom is 0.265 e. The number of ether oxygens (including phenoxy) is 4. The van der Waals surface area contributed by atoms with E-state index in [1.54, 1.807) is 31.2 Å². The van der Waals surface area contributed by atoms with Crippen LogP contribution in [0, 0.1) is 0 Å². The quantitative estimate of drug-likeness (QED) is 0.148. The fourth-order valence-corrected chi connectivity index (χ4v) is 7.26. The predicted molar refractivity (Wildman–Crippen MR) is 193 cm³/mol. The van der Waals surface area contributed by atoms with Gasteiger partial charge in [-0.1, -0.05) is 59.6 Å². The Labute approximate surface area is 302 Å². The van der Waals surface area contributed by atoms with E-state index in [1.807, 2.05) is 30.3 Å². The maximum atomic E-state index is 14.8. The molecule has 0 aliphatic heterocycles. The molecule has 0 spiro atoms. The fraction of sp³-hybridized carbons (Fsp3) is 0.278. The van der Waals surface area contributed by atoms with Gasteiger partial charge in [-0.05, 0) is 48.9 Å². The van der Waals surface area contributed by atoms with Crippen molar-refractivity contribution in [2.75, 3.05) is 45.8 Å². The average molecular weight is 745 g/mol. The zero-order valence-electron chi connectivity index (χ0n) is 28.3. The van der Waals surface area contributed by atoms with Gasteiger partial charge in [0.15, 0.2) is 11.5 Å². The van der Waals surface area contributed by atoms with E-state index in [1.165, 1.54) is 63.7 Å². The smallest absolute Gasteiger partial charge is 0.265 e. The number of halogens is 2. The van der Waals surface area contributed by atoms with Crippen molar-refractivity contribution in [1.29, 1.82) is 0 Å². The molecule has 0 unspecified atom stereocenters. The number of likely N-dealkylation sites (N-methyl/N-ethyl adjacent to an activating group) is 1. The molecule has 4 aromatic carbocycles. The van der Waals surface area contributed by atoms with Crippen molar-refractivity contribution in [3.8, 4) is 23.0 Å². The normalized spacial score (nSPS) is 11.7. The van der Waals surface area contributed by atoms with Crippen LogP contribution < -0.4 is 28.6 Å². The zero-order chi connectivity index (χ0) is 36.4. The molecular weight excluding hydrogens is 705 g/mol. The second kappa shape index (κ2) is 17.3. The highest BCUT2D eigenvalue weighted by atomic mass is 35.5. The highest BCUT2D eigenvalue weighted by Gasteiger charge is 2.36. The number of anilines is 1. The van der Waals surface area contributed by atoms with Crippen LogP contribution in [0.15, 0.2) is 89.8 Å². The Morgan fingerprint density at radius 3 is 2.02 bits per heavy atom. The number of hydrogen-bond acceptors (Lipinski definition) is 8. The summed E-state index contributed by atoms with van der Waals surface area (Å²) in [6.45, 7) is 1.10. The second-order valence-electron chi connectivity index (χ2n) is 10.9. The van der Waals surface area contributed by atoms with Gasteiger partial charge < -0.3 is 29.2 Å². The Kier molecular flexibility index (Phi) is 13.2. The van der Waals surface area contributed by atoms with Crippen LogP contribution in [0.5, 0.6) is 23.0 Å². The van der Waals surface area contributed by atoms with Gasteiger partial charge in [-0.2, -0.15) is 0 Å². The minimum atomic E-state index is -4.54. The summed E-state index contributed by atoms with van der Waals surface area (Å²) in [7, 11) is 1.08. The van der Waals surface area contributed by atoms with Gasteiger partial charge in [-0.25, -0.2) is 8.42 Å². The molecule has 1 atom stereocenters. The summed E-state index contributed by atoms with van der Waals surface area (Å²) >= 11 is 13.2. The lowest BCUT2D eigenvalue weighted by atomic mass is 10.0. The summed E-state index contributed by atoms with van der Waals surface area (Å²) in [6.07, 6.45) is 0.116. The first-order chi connectivity index (χ1) is 24.0. The highest BCUT2D eigenvalue weighted by molar-refractivity contribution is 7.92. The third kappa shape index (κ3) is 8.73. The topological polar surface area (TPSA) is 124 Å². The molecule has 0 aliphatic rings. The number of amides is 2. The number of sulfonamides is 1. The summed E-state index contributed by atoms with van der Waals surface area (Å²) in [5, 5.41) is 3.37. The van der Waals surface area contributed by atoms with Crippen molar-refractivity contribution >= 4 is 50.7 Å². The highest BCUT2D eigenvalue weighted by Crippen LogP contribution is 2.38. The van der Waals surface area contributed by atoms with E-state index in [9.17, 15) is 18.0 Å². The number of methoxy groups -OCH3 is 4. The van der Waals surface area contributed by atoms with Crippen LogP contribution in [0.4, 0.5) is 5.69 Å². The van der Waals surface area contributed by atoms with E-state index < -0.39 is 34.4 Å². The Morgan fingerprint density at radius 2 is 1.42 bits per heavy atom. The van der Waals surface area contributed by atoms with Crippen molar-refractivity contribution in [2.45, 2.75) is 30.8 Å². The van der Waals surface area contributed by atoms with E-state index in [4.69, 9.17) is 42.1 Å². The monoisotopic (exact) mass is 743 g/mol. The Morgan fingerprint density at radius 1 is 0.780 bits per heavy atom. The number of rotatable bonds is 16. The molecule has 0 aromatic heterocycles. The molecular formula is C36H39Cl2N3O8S. The predicted octanol–water partition coefficient (Wildman–Crippen LogP) is 6.00. The van der Waals surface area contributed by atoms with Gasteiger partial charge in [-0.3, -0.25) is 13.9 Å². The van der Waals surface area contributed by atoms with E-state index in [0.717, 1.165) is 9.87 Å². The molecule has 4 rings (SSSR count). The minimum Gasteiger partial charge on any atom is -0.497 e. The third-order valence-corrected chi connectivity index (χ3v) is 10.4. The van der Waals surface area contributed by atoms with E-state index in [0.29, 0.717) is 23.6 Å². The molecule has 0 saturated heterocycles. The van der Waals surface area contributed by atoms with Crippen LogP contribution in [0.2, 0.25) is 10.0 Å². The molecule has 0 fully saturated rings. The summed E-state index contributed by atoms with van der Waals surface area (Å²) in [4.78, 5) is 29.7. The first-order valence-electron chi connectivity index (χ1n) is 15.5. The standard InChI is InChI=1S/C36H39Cl2N3O8S/c1-6-39-36(43)31(19-24-11-8-7-9-12-24)40(22-27-28(37)13-10-14-29(27)38)35(42)23-41(30-20-25(46-2)15-17-32(30)47-3)50(44,45)26-16-18-33(48-4)34(21-26)49-5/h7-18,20-21,31H,6,19,22-23H2,1-5H3,(H,39,43)/t31-/m1/s1. The molecule has 4 aromatic rings. The largest absolute Gasteiger partial charge is 0.497 e. The lowest BCUT2D eigenvalue weighted by Crippen LogP contribution is -2.53. The molecule has 11 nitrogen and oxygen atoms in total. The number of benzene rings is 4. The van der Waals surface area contributed by atoms with E-state index in [-0.39, 0.29) is 45.1 Å². The molecule has 0 bridgehead atoms. The molecule has 0 radical (unpaired) electrons. The summed E-state index contributed by atoms with van der Waals surface area (Å²) < 4.78 is 51.9. The summed E-state index contributed by atoms with van der Waals surface area (Å²) in [5.41, 5.74) is 1.18. The SMILES string of the molecule is CCNC(=O)[C@@H](Cc1ccccc1)N(Cc1c(Cl)cccc1Cl)C(=O)CN(c1cc(OC)ccc1OC)S(=O)(=O)c1ccc(OC)c(OC)c1. The first kappa shape index (κ1) is 38.2. The Hall–Kier alpha value is -4.65. The van der Waals surface area contributed by atoms with Crippen molar-refractivity contribution in [3.63, 3.8) is 0 Å². The molecule has 0 heterocycles. The number of nitrogens with one attached hydrogen (secondary N) is 1. The van der Waals surface area contributed by atoms with Crippen molar-refractivity contribution in [3.05, 3.63) is 106 Å². The number of carbonyl (C=O) groups excluding carboxylic acids is 2. The van der Waals surface area contributed by atoms with Crippen molar-refractivity contribution < 1.29 is 37.0 Å². The third-order valence-electron chi connectivity index (χ3n) is 7.89. The molecule has 0 aliphatic carbocycles. The van der Waals surface area contributed by atoms with Gasteiger partial charge in [0.2, 0.25) is 11.8 Å². The Balaban J connectivity index is 1.92. The van der Waals surface area contributed by atoms with Gasteiger partial charge >= 0.3 is 0 Å². The molecule has 1 N–H and O–H groups in total. The van der Waals surface area contributed by atoms with Crippen LogP contribution in [-0.2, 0) is 32.6 Å². The average Bonchev–Trinajstić information content (AvgIpc) is 3.12. The van der Waals surface area contributed by atoms with Crippen LogP contribution in [0.25, 0.3) is 0 Å². The van der Waals surface area contributed by atoms with Crippen molar-refractivity contribution in [1.82, 2.24) is 10.2 Å². The van der Waals surface area contributed by atoms with Gasteiger partial charge in [0.1, 0.15) is 24.1 Å². The van der Waals surface area contributed by atoms with Gasteiger partial charge in [0.25, 0.3) is 10.0 Å². The van der Waals surface area contributed by atoms with Gasteiger partial charge in [0, 0.05) is 47.3 Å². The van der Waals surface area contributed by atoms with Crippen molar-refractivity contribution in [2.24, 2.45) is 0 Å². The summed E-state index contributed by atoms with van der Waals surface area (Å²) in [5.74, 6) is -0.242. The molecule has 2 amide bonds. The molecule has 50 heavy (non-hydrogen) atoms. The van der Waals surface area contributed by atoms with Crippen LogP contribution >= 0.6 is 23.2 Å². The zero-order valence-corrected chi connectivity index (χ0v) is 30.6.